The van der Waals surface area contributed by atoms with Crippen LogP contribution in [0.1, 0.15) is 92.8 Å². The fourth-order valence-corrected chi connectivity index (χ4v) is 5.02. The molecule has 0 saturated heterocycles. The first-order valence-electron chi connectivity index (χ1n) is 11.0. The molecular weight excluding hydrogens is 352 g/mol. The third-order valence-corrected chi connectivity index (χ3v) is 7.16. The zero-order valence-corrected chi connectivity index (χ0v) is 19.1. The predicted molar refractivity (Wildman–Crippen MR) is 126 cm³/mol. The molecule has 0 amide bonds. The van der Waals surface area contributed by atoms with Crippen LogP contribution in [-0.4, -0.2) is 6.79 Å². The first-order chi connectivity index (χ1) is 13.7. The summed E-state index contributed by atoms with van der Waals surface area (Å²) in [6.45, 7) is 16.2. The lowest BCUT2D eigenvalue weighted by Crippen LogP contribution is -2.34. The van der Waals surface area contributed by atoms with Gasteiger partial charge in [0.1, 0.15) is 6.79 Å². The van der Waals surface area contributed by atoms with E-state index in [1.54, 1.807) is 11.1 Å². The number of benzene rings is 2. The molecule has 2 aliphatic rings. The van der Waals surface area contributed by atoms with Gasteiger partial charge in [-0.15, -0.1) is 0 Å². The third-order valence-electron chi connectivity index (χ3n) is 7.16. The molecule has 29 heavy (non-hydrogen) atoms. The molecule has 0 aliphatic heterocycles. The topological polar surface area (TPSA) is 17.1 Å². The quantitative estimate of drug-likeness (QED) is 0.531. The molecule has 0 bridgehead atoms. The van der Waals surface area contributed by atoms with E-state index >= 15 is 0 Å². The van der Waals surface area contributed by atoms with Crippen LogP contribution in [0.4, 0.5) is 0 Å². The summed E-state index contributed by atoms with van der Waals surface area (Å²) in [5.41, 5.74) is 12.5. The summed E-state index contributed by atoms with van der Waals surface area (Å²) in [6.07, 6.45) is 8.52. The highest BCUT2D eigenvalue weighted by Crippen LogP contribution is 2.47. The van der Waals surface area contributed by atoms with E-state index in [-0.39, 0.29) is 10.8 Å². The Morgan fingerprint density at radius 3 is 2.17 bits per heavy atom. The number of allylic oxidation sites excluding steroid dienone is 1. The molecule has 1 nitrogen and oxygen atoms in total. The van der Waals surface area contributed by atoms with E-state index in [1.165, 1.54) is 59.1 Å². The molecule has 0 fully saturated rings. The summed E-state index contributed by atoms with van der Waals surface area (Å²) < 4.78 is 0. The first-order valence-corrected chi connectivity index (χ1v) is 11.0. The third kappa shape index (κ3) is 3.97. The van der Waals surface area contributed by atoms with Crippen molar-refractivity contribution in [1.82, 2.24) is 0 Å². The number of fused-ring (bicyclic) bond motifs is 2. The molecule has 0 spiro atoms. The van der Waals surface area contributed by atoms with Crippen LogP contribution in [-0.2, 0) is 28.5 Å². The Labute approximate surface area is 177 Å². The minimum Gasteiger partial charge on any atom is -0.307 e. The Morgan fingerprint density at radius 1 is 0.931 bits per heavy atom. The Kier molecular flexibility index (Phi) is 5.90. The molecule has 0 radical (unpaired) electrons. The summed E-state index contributed by atoms with van der Waals surface area (Å²) in [5, 5.41) is 0. The maximum Gasteiger partial charge on any atom is 0.106 e. The summed E-state index contributed by atoms with van der Waals surface area (Å²) in [7, 11) is 0. The van der Waals surface area contributed by atoms with Gasteiger partial charge in [0.05, 0.1) is 0 Å². The van der Waals surface area contributed by atoms with E-state index in [0.29, 0.717) is 0 Å². The lowest BCUT2D eigenvalue weighted by molar-refractivity contribution is -0.0979. The second-order valence-electron chi connectivity index (χ2n) is 10.0. The van der Waals surface area contributed by atoms with Crippen molar-refractivity contribution in [3.63, 3.8) is 0 Å². The van der Waals surface area contributed by atoms with Crippen LogP contribution in [0.3, 0.4) is 0 Å². The van der Waals surface area contributed by atoms with E-state index in [4.69, 9.17) is 4.79 Å². The van der Waals surface area contributed by atoms with Crippen LogP contribution in [0.25, 0.3) is 11.6 Å². The summed E-state index contributed by atoms with van der Waals surface area (Å²) >= 11 is 0. The minimum absolute atomic E-state index is 0.273. The monoisotopic (exact) mass is 388 g/mol. The number of rotatable bonds is 2. The molecule has 0 unspecified atom stereocenters. The fraction of sp³-hybridized carbons (Fsp3) is 0.464. The van der Waals surface area contributed by atoms with Crippen LogP contribution >= 0.6 is 0 Å². The van der Waals surface area contributed by atoms with Gasteiger partial charge in [0.15, 0.2) is 0 Å². The smallest absolute Gasteiger partial charge is 0.106 e. The molecule has 2 aromatic carbocycles. The highest BCUT2D eigenvalue weighted by Gasteiger charge is 2.37. The van der Waals surface area contributed by atoms with Gasteiger partial charge in [-0.2, -0.15) is 0 Å². The molecular formula is C28H36O. The summed E-state index contributed by atoms with van der Waals surface area (Å²) in [5.74, 6) is 0. The Hall–Kier alpha value is -2.15. The van der Waals surface area contributed by atoms with Crippen LogP contribution in [0.2, 0.25) is 0 Å². The lowest BCUT2D eigenvalue weighted by Gasteiger charge is -2.42. The van der Waals surface area contributed by atoms with Gasteiger partial charge in [0.2, 0.25) is 0 Å². The molecule has 0 N–H and O–H groups in total. The fourth-order valence-electron chi connectivity index (χ4n) is 5.02. The van der Waals surface area contributed by atoms with Crippen molar-refractivity contribution in [3.8, 4) is 0 Å². The number of hydrogen-bond acceptors (Lipinski definition) is 1. The highest BCUT2D eigenvalue weighted by molar-refractivity contribution is 5.86. The van der Waals surface area contributed by atoms with E-state index in [0.717, 1.165) is 6.42 Å². The summed E-state index contributed by atoms with van der Waals surface area (Å²) in [6, 6.07) is 12.1. The molecule has 4 rings (SSSR count). The Morgan fingerprint density at radius 2 is 1.55 bits per heavy atom. The maximum absolute atomic E-state index is 8.00. The van der Waals surface area contributed by atoms with Gasteiger partial charge < -0.3 is 4.79 Å². The van der Waals surface area contributed by atoms with Crippen molar-refractivity contribution in [2.75, 3.05) is 0 Å². The largest absolute Gasteiger partial charge is 0.307 e. The SMILES string of the molecule is C=O.CCc1ccc2c(c1)CC/C2=C\c1cc2c(cc1C)C(C)(C)CCC2(C)C. The van der Waals surface area contributed by atoms with Crippen LogP contribution in [0.5, 0.6) is 0 Å². The molecule has 2 aromatic rings. The minimum atomic E-state index is 0.273. The van der Waals surface area contributed by atoms with E-state index < -0.39 is 0 Å². The number of carbonyl (C=O) groups is 1. The lowest BCUT2D eigenvalue weighted by atomic mass is 9.62. The van der Waals surface area contributed by atoms with Gasteiger partial charge in [0, 0.05) is 0 Å². The molecule has 2 aliphatic carbocycles. The molecule has 0 atom stereocenters. The van der Waals surface area contributed by atoms with Crippen LogP contribution in [0.15, 0.2) is 30.3 Å². The number of carbonyl (C=O) groups excluding carboxylic acids is 1. The second kappa shape index (κ2) is 7.94. The van der Waals surface area contributed by atoms with Gasteiger partial charge in [-0.25, -0.2) is 0 Å². The van der Waals surface area contributed by atoms with E-state index in [1.807, 2.05) is 6.79 Å². The van der Waals surface area contributed by atoms with Crippen molar-refractivity contribution >= 4 is 18.4 Å². The first kappa shape index (κ1) is 21.6. The van der Waals surface area contributed by atoms with Crippen molar-refractivity contribution in [3.05, 3.63) is 69.3 Å². The van der Waals surface area contributed by atoms with Gasteiger partial charge in [-0.1, -0.05) is 71.0 Å². The van der Waals surface area contributed by atoms with Gasteiger partial charge in [0.25, 0.3) is 0 Å². The molecule has 0 heterocycles. The number of aryl methyl sites for hydroxylation is 3. The van der Waals surface area contributed by atoms with Gasteiger partial charge in [-0.05, 0) is 94.4 Å². The average Bonchev–Trinajstić information content (AvgIpc) is 3.10. The Balaban J connectivity index is 0.00000117. The maximum atomic E-state index is 8.00. The van der Waals surface area contributed by atoms with Crippen molar-refractivity contribution in [1.29, 1.82) is 0 Å². The normalized spacial score (nSPS) is 19.9. The highest BCUT2D eigenvalue weighted by atomic mass is 16.1. The van der Waals surface area contributed by atoms with E-state index in [9.17, 15) is 0 Å². The Bertz CT molecular complexity index is 943. The predicted octanol–water partition coefficient (Wildman–Crippen LogP) is 7.21. The van der Waals surface area contributed by atoms with Crippen molar-refractivity contribution < 1.29 is 4.79 Å². The van der Waals surface area contributed by atoms with Gasteiger partial charge in [-0.3, -0.25) is 0 Å². The van der Waals surface area contributed by atoms with Crippen LogP contribution < -0.4 is 0 Å². The molecule has 154 valence electrons. The molecule has 0 aromatic heterocycles. The zero-order chi connectivity index (χ0) is 21.4. The van der Waals surface area contributed by atoms with E-state index in [2.05, 4.69) is 78.0 Å². The van der Waals surface area contributed by atoms with Crippen molar-refractivity contribution in [2.45, 2.75) is 84.5 Å². The van der Waals surface area contributed by atoms with Crippen molar-refractivity contribution in [2.24, 2.45) is 0 Å². The summed E-state index contributed by atoms with van der Waals surface area (Å²) in [4.78, 5) is 8.00. The zero-order valence-electron chi connectivity index (χ0n) is 19.1. The average molecular weight is 389 g/mol. The second-order valence-corrected chi connectivity index (χ2v) is 10.0. The molecule has 1 heteroatoms. The standard InChI is InChI=1S/C27H34.CH2O/c1-7-19-8-11-23-20(15-19)9-10-21(23)16-22-17-25-24(14-18(22)2)26(3,4)12-13-27(25,5)6;1-2/h8,11,14-17H,7,9-10,12-13H2,1-6H3;1H2/b21-16+;. The van der Waals surface area contributed by atoms with Crippen LogP contribution in [0, 0.1) is 6.92 Å². The molecule has 0 saturated carbocycles. The number of hydrogen-bond donors (Lipinski definition) is 0. The van der Waals surface area contributed by atoms with Gasteiger partial charge >= 0.3 is 0 Å².